The molecule has 1 nitrogen and oxygen atoms in total. The van der Waals surface area contributed by atoms with Crippen LogP contribution in [0.3, 0.4) is 0 Å². The molecule has 4 heteroatoms. The lowest BCUT2D eigenvalue weighted by Gasteiger charge is -2.38. The first-order valence-electron chi connectivity index (χ1n) is 7.32. The van der Waals surface area contributed by atoms with E-state index in [0.717, 1.165) is 33.3 Å². The standard InChI is InChI=1S/C18H14Cl3N/c19-13-7-2-1-4-12(13)17-11-6-3-5-10(11)16-14(20)8-9-15(21)18(16)22-17/h1-5,7-11,17,22H,6H2/t10-,11+,17-/m1/s1. The highest BCUT2D eigenvalue weighted by atomic mass is 35.5. The predicted molar refractivity (Wildman–Crippen MR) is 94.3 cm³/mol. The Bertz CT molecular complexity index is 769. The van der Waals surface area contributed by atoms with Crippen LogP contribution in [0.25, 0.3) is 0 Å². The van der Waals surface area contributed by atoms with Crippen molar-refractivity contribution in [2.75, 3.05) is 5.32 Å². The Kier molecular flexibility index (Phi) is 3.60. The Labute approximate surface area is 144 Å². The summed E-state index contributed by atoms with van der Waals surface area (Å²) in [6, 6.07) is 11.9. The molecule has 0 amide bonds. The predicted octanol–water partition coefficient (Wildman–Crippen LogP) is 6.47. The maximum atomic E-state index is 6.45. The van der Waals surface area contributed by atoms with Crippen LogP contribution in [0.15, 0.2) is 48.6 Å². The van der Waals surface area contributed by atoms with Crippen LogP contribution in [0.5, 0.6) is 0 Å². The monoisotopic (exact) mass is 349 g/mol. The van der Waals surface area contributed by atoms with Crippen molar-refractivity contribution in [3.63, 3.8) is 0 Å². The van der Waals surface area contributed by atoms with Crippen LogP contribution in [0.4, 0.5) is 5.69 Å². The number of nitrogens with one attached hydrogen (secondary N) is 1. The molecular weight excluding hydrogens is 337 g/mol. The van der Waals surface area contributed by atoms with Crippen LogP contribution in [0.1, 0.15) is 29.5 Å². The molecule has 4 rings (SSSR count). The Balaban J connectivity index is 1.88. The molecule has 0 unspecified atom stereocenters. The van der Waals surface area contributed by atoms with E-state index < -0.39 is 0 Å². The smallest absolute Gasteiger partial charge is 0.0641 e. The third-order valence-electron chi connectivity index (χ3n) is 4.66. The number of benzene rings is 2. The Morgan fingerprint density at radius 3 is 2.50 bits per heavy atom. The van der Waals surface area contributed by atoms with Crippen molar-refractivity contribution in [3.05, 3.63) is 74.7 Å². The number of fused-ring (bicyclic) bond motifs is 3. The maximum Gasteiger partial charge on any atom is 0.0641 e. The number of hydrogen-bond donors (Lipinski definition) is 1. The maximum absolute atomic E-state index is 6.45. The van der Waals surface area contributed by atoms with Gasteiger partial charge in [0.1, 0.15) is 0 Å². The van der Waals surface area contributed by atoms with E-state index >= 15 is 0 Å². The third-order valence-corrected chi connectivity index (χ3v) is 5.64. The quantitative estimate of drug-likeness (QED) is 0.581. The van der Waals surface area contributed by atoms with Crippen molar-refractivity contribution < 1.29 is 0 Å². The summed E-state index contributed by atoms with van der Waals surface area (Å²) in [5.41, 5.74) is 3.16. The van der Waals surface area contributed by atoms with E-state index in [1.165, 1.54) is 0 Å². The molecule has 22 heavy (non-hydrogen) atoms. The van der Waals surface area contributed by atoms with Gasteiger partial charge >= 0.3 is 0 Å². The molecule has 2 aromatic rings. The van der Waals surface area contributed by atoms with Gasteiger partial charge in [-0.25, -0.2) is 0 Å². The van der Waals surface area contributed by atoms with E-state index in [2.05, 4.69) is 23.5 Å². The summed E-state index contributed by atoms with van der Waals surface area (Å²) in [6.45, 7) is 0. The fourth-order valence-electron chi connectivity index (χ4n) is 3.66. The van der Waals surface area contributed by atoms with Crippen LogP contribution in [-0.4, -0.2) is 0 Å². The minimum absolute atomic E-state index is 0.136. The van der Waals surface area contributed by atoms with Crippen molar-refractivity contribution in [1.82, 2.24) is 0 Å². The summed E-state index contributed by atoms with van der Waals surface area (Å²) in [5.74, 6) is 0.687. The van der Waals surface area contributed by atoms with Gasteiger partial charge in [-0.2, -0.15) is 0 Å². The van der Waals surface area contributed by atoms with Gasteiger partial charge in [-0.05, 0) is 36.1 Å². The van der Waals surface area contributed by atoms with Crippen molar-refractivity contribution in [3.8, 4) is 0 Å². The normalized spacial score (nSPS) is 25.5. The third kappa shape index (κ3) is 2.15. The summed E-state index contributed by atoms with van der Waals surface area (Å²) in [4.78, 5) is 0. The van der Waals surface area contributed by atoms with Gasteiger partial charge in [-0.15, -0.1) is 0 Å². The summed E-state index contributed by atoms with van der Waals surface area (Å²) in [6.07, 6.45) is 5.49. The van der Waals surface area contributed by atoms with Crippen LogP contribution < -0.4 is 5.32 Å². The Hall–Kier alpha value is -1.15. The van der Waals surface area contributed by atoms with Gasteiger partial charge in [0.2, 0.25) is 0 Å². The fraction of sp³-hybridized carbons (Fsp3) is 0.222. The van der Waals surface area contributed by atoms with Gasteiger partial charge in [-0.3, -0.25) is 0 Å². The van der Waals surface area contributed by atoms with Crippen molar-refractivity contribution in [2.45, 2.75) is 18.4 Å². The molecule has 112 valence electrons. The Morgan fingerprint density at radius 2 is 1.68 bits per heavy atom. The van der Waals surface area contributed by atoms with Gasteiger partial charge < -0.3 is 5.32 Å². The highest BCUT2D eigenvalue weighted by molar-refractivity contribution is 6.36. The number of rotatable bonds is 1. The highest BCUT2D eigenvalue weighted by Gasteiger charge is 2.40. The minimum Gasteiger partial charge on any atom is -0.376 e. The molecule has 2 aliphatic rings. The molecular formula is C18H14Cl3N. The highest BCUT2D eigenvalue weighted by Crippen LogP contribution is 2.54. The molecule has 0 saturated heterocycles. The average Bonchev–Trinajstić information content (AvgIpc) is 3.00. The first-order chi connectivity index (χ1) is 10.7. The number of anilines is 1. The molecule has 1 aliphatic heterocycles. The van der Waals surface area contributed by atoms with E-state index in [4.69, 9.17) is 34.8 Å². The minimum atomic E-state index is 0.136. The number of halogens is 3. The van der Waals surface area contributed by atoms with E-state index in [1.54, 1.807) is 0 Å². The second-order valence-corrected chi connectivity index (χ2v) is 7.04. The van der Waals surface area contributed by atoms with E-state index in [9.17, 15) is 0 Å². The molecule has 0 spiro atoms. The van der Waals surface area contributed by atoms with E-state index in [0.29, 0.717) is 10.9 Å². The molecule has 2 aromatic carbocycles. The molecule has 1 N–H and O–H groups in total. The van der Waals surface area contributed by atoms with Crippen LogP contribution in [0.2, 0.25) is 15.1 Å². The number of hydrogen-bond acceptors (Lipinski definition) is 1. The Morgan fingerprint density at radius 1 is 0.909 bits per heavy atom. The summed E-state index contributed by atoms with van der Waals surface area (Å²) in [7, 11) is 0. The SMILES string of the molecule is Clc1ccccc1[C@@H]1Nc2c(Cl)ccc(Cl)c2[C@@H]2C=CC[C@@H]21. The van der Waals surface area contributed by atoms with Gasteiger partial charge in [0.25, 0.3) is 0 Å². The zero-order valence-electron chi connectivity index (χ0n) is 11.7. The first kappa shape index (κ1) is 14.4. The molecule has 1 aliphatic carbocycles. The van der Waals surface area contributed by atoms with Gasteiger partial charge in [0.05, 0.1) is 16.8 Å². The van der Waals surface area contributed by atoms with E-state index in [1.807, 2.05) is 30.3 Å². The first-order valence-corrected chi connectivity index (χ1v) is 8.45. The number of allylic oxidation sites excluding steroid dienone is 2. The lowest BCUT2D eigenvalue weighted by Crippen LogP contribution is -2.29. The molecule has 0 fully saturated rings. The molecule has 0 saturated carbocycles. The zero-order chi connectivity index (χ0) is 15.3. The molecule has 0 bridgehead atoms. The van der Waals surface area contributed by atoms with Crippen LogP contribution >= 0.6 is 34.8 Å². The second-order valence-electron chi connectivity index (χ2n) is 5.81. The van der Waals surface area contributed by atoms with Crippen molar-refractivity contribution >= 4 is 40.5 Å². The van der Waals surface area contributed by atoms with Crippen LogP contribution in [-0.2, 0) is 0 Å². The lowest BCUT2D eigenvalue weighted by atomic mass is 9.77. The fourth-order valence-corrected chi connectivity index (χ4v) is 4.42. The summed E-state index contributed by atoms with van der Waals surface area (Å²) < 4.78 is 0. The second kappa shape index (κ2) is 5.49. The molecule has 1 heterocycles. The molecule has 3 atom stereocenters. The van der Waals surface area contributed by atoms with Gasteiger partial charge in [0, 0.05) is 21.5 Å². The van der Waals surface area contributed by atoms with Gasteiger partial charge in [0.15, 0.2) is 0 Å². The van der Waals surface area contributed by atoms with Gasteiger partial charge in [-0.1, -0.05) is 65.2 Å². The summed E-state index contributed by atoms with van der Waals surface area (Å²) in [5, 5.41) is 5.85. The molecule has 0 aromatic heterocycles. The van der Waals surface area contributed by atoms with E-state index in [-0.39, 0.29) is 12.0 Å². The largest absolute Gasteiger partial charge is 0.376 e. The summed E-state index contributed by atoms with van der Waals surface area (Å²) >= 11 is 19.3. The topological polar surface area (TPSA) is 12.0 Å². The molecule has 0 radical (unpaired) electrons. The average molecular weight is 351 g/mol. The van der Waals surface area contributed by atoms with Crippen molar-refractivity contribution in [1.29, 1.82) is 0 Å². The lowest BCUT2D eigenvalue weighted by molar-refractivity contribution is 0.426. The van der Waals surface area contributed by atoms with Crippen molar-refractivity contribution in [2.24, 2.45) is 5.92 Å². The van der Waals surface area contributed by atoms with Crippen LogP contribution in [0, 0.1) is 5.92 Å². The zero-order valence-corrected chi connectivity index (χ0v) is 14.0.